The van der Waals surface area contributed by atoms with Crippen molar-refractivity contribution in [3.63, 3.8) is 0 Å². The molecule has 0 amide bonds. The Bertz CT molecular complexity index is 1050. The number of aromatic nitrogens is 1. The number of carbonyl (C=O) groups is 1. The zero-order chi connectivity index (χ0) is 20.6. The average Bonchev–Trinajstić information content (AvgIpc) is 2.97. The van der Waals surface area contributed by atoms with Gasteiger partial charge in [-0.3, -0.25) is 4.42 Å². The third kappa shape index (κ3) is 4.35. The molecular formula is C21H20BrClNO3S+. The fourth-order valence-electron chi connectivity index (χ4n) is 3.08. The molecule has 0 fully saturated rings. The van der Waals surface area contributed by atoms with Gasteiger partial charge >= 0.3 is 5.97 Å². The molecule has 0 radical (unpaired) electrons. The van der Waals surface area contributed by atoms with Gasteiger partial charge in [-0.15, -0.1) is 11.3 Å². The number of rotatable bonds is 4. The Morgan fingerprint density at radius 3 is 2.54 bits per heavy atom. The molecule has 2 aromatic carbocycles. The van der Waals surface area contributed by atoms with Crippen LogP contribution in [0.5, 0.6) is 0 Å². The largest absolute Gasteiger partial charge is 0.613 e. The third-order valence-electron chi connectivity index (χ3n) is 4.12. The van der Waals surface area contributed by atoms with Crippen molar-refractivity contribution in [2.75, 3.05) is 0 Å². The van der Waals surface area contributed by atoms with Crippen molar-refractivity contribution < 1.29 is 14.0 Å². The highest BCUT2D eigenvalue weighted by molar-refractivity contribution is 9.11. The van der Waals surface area contributed by atoms with Crippen LogP contribution in [0, 0.1) is 6.92 Å². The highest BCUT2D eigenvalue weighted by atomic mass is 79.9. The fourth-order valence-corrected chi connectivity index (χ4v) is 4.73. The molecule has 1 aromatic heterocycles. The first-order valence-electron chi connectivity index (χ1n) is 8.60. The van der Waals surface area contributed by atoms with E-state index in [9.17, 15) is 4.79 Å². The molecule has 3 rings (SSSR count). The summed E-state index contributed by atoms with van der Waals surface area (Å²) >= 11 is 11.1. The highest BCUT2D eigenvalue weighted by Crippen LogP contribution is 2.43. The van der Waals surface area contributed by atoms with Crippen molar-refractivity contribution >= 4 is 61.8 Å². The normalized spacial score (nSPS) is 12.9. The fraction of sp³-hybridized carbons (Fsp3) is 0.286. The standard InChI is InChI=1S/C21H20BrClNO3S/c1-11-10-14-18(28-20(22)24-14)16(12-6-8-13(23)9-7-12)15(11)17(19(25)26-5)27-21(2,3)4/h6-10,17H,5H2,1-4H3/q+1/t17-/m0/s1. The van der Waals surface area contributed by atoms with E-state index >= 15 is 0 Å². The molecule has 0 bridgehead atoms. The molecule has 0 aliphatic heterocycles. The Hall–Kier alpha value is -1.60. The number of hydrogen-bond donors (Lipinski definition) is 0. The maximum Gasteiger partial charge on any atom is 0.613 e. The Balaban J connectivity index is 2.38. The average molecular weight is 482 g/mol. The van der Waals surface area contributed by atoms with Crippen LogP contribution in [-0.2, 0) is 14.0 Å². The molecule has 1 heterocycles. The summed E-state index contributed by atoms with van der Waals surface area (Å²) in [4.78, 5) is 17.2. The number of hydrogen-bond acceptors (Lipinski definition) is 4. The molecule has 0 saturated heterocycles. The molecule has 3 aromatic rings. The van der Waals surface area contributed by atoms with Gasteiger partial charge in [0.15, 0.2) is 10.7 Å². The van der Waals surface area contributed by atoms with Crippen LogP contribution >= 0.6 is 38.9 Å². The van der Waals surface area contributed by atoms with Gasteiger partial charge in [-0.1, -0.05) is 23.7 Å². The van der Waals surface area contributed by atoms with Gasteiger partial charge in [0.1, 0.15) is 0 Å². The number of halogens is 2. The van der Waals surface area contributed by atoms with E-state index in [0.717, 1.165) is 36.4 Å². The molecule has 0 aliphatic rings. The Morgan fingerprint density at radius 1 is 1.32 bits per heavy atom. The first-order valence-corrected chi connectivity index (χ1v) is 10.6. The topological polar surface area (TPSA) is 50.5 Å². The van der Waals surface area contributed by atoms with Crippen molar-refractivity contribution in [1.82, 2.24) is 4.98 Å². The lowest BCUT2D eigenvalue weighted by atomic mass is 9.91. The first-order chi connectivity index (χ1) is 13.1. The first kappa shape index (κ1) is 21.1. The van der Waals surface area contributed by atoms with E-state index in [0.29, 0.717) is 5.02 Å². The minimum atomic E-state index is -0.923. The van der Waals surface area contributed by atoms with E-state index in [1.807, 2.05) is 58.0 Å². The summed E-state index contributed by atoms with van der Waals surface area (Å²) < 4.78 is 12.7. The van der Waals surface area contributed by atoms with Crippen LogP contribution in [0.3, 0.4) is 0 Å². The Kier molecular flexibility index (Phi) is 6.05. The van der Waals surface area contributed by atoms with Gasteiger partial charge in [-0.25, -0.2) is 4.98 Å². The van der Waals surface area contributed by atoms with E-state index in [1.54, 1.807) is 0 Å². The van der Waals surface area contributed by atoms with Gasteiger partial charge in [0, 0.05) is 16.1 Å². The van der Waals surface area contributed by atoms with Crippen molar-refractivity contribution in [2.45, 2.75) is 39.4 Å². The van der Waals surface area contributed by atoms with Crippen LogP contribution in [0.15, 0.2) is 34.2 Å². The number of aryl methyl sites for hydroxylation is 1. The molecule has 0 saturated carbocycles. The van der Waals surface area contributed by atoms with Crippen LogP contribution < -0.4 is 0 Å². The van der Waals surface area contributed by atoms with Gasteiger partial charge in [-0.05, 0) is 73.0 Å². The smallest absolute Gasteiger partial charge is 0.351 e. The number of fused-ring (bicyclic) bond motifs is 1. The van der Waals surface area contributed by atoms with Gasteiger partial charge in [0.05, 0.1) is 20.6 Å². The lowest BCUT2D eigenvalue weighted by Gasteiger charge is -2.25. The van der Waals surface area contributed by atoms with E-state index in [-0.39, 0.29) is 0 Å². The molecule has 0 N–H and O–H groups in total. The minimum absolute atomic E-state index is 0.545. The van der Waals surface area contributed by atoms with E-state index in [4.69, 9.17) is 20.8 Å². The Labute approximate surface area is 181 Å². The SMILES string of the molecule is C=[O+]C(=O)[C@@H](OC(C)(C)C)c1c(C)cc2nc(Br)sc2c1-c1ccc(Cl)cc1. The maximum absolute atomic E-state index is 12.7. The van der Waals surface area contributed by atoms with Crippen molar-refractivity contribution in [3.05, 3.63) is 50.4 Å². The number of benzene rings is 2. The Morgan fingerprint density at radius 2 is 1.96 bits per heavy atom. The number of carbonyl (C=O) groups excluding carboxylic acids is 2. The van der Waals surface area contributed by atoms with Crippen LogP contribution in [0.25, 0.3) is 21.3 Å². The second-order valence-electron chi connectivity index (χ2n) is 7.38. The van der Waals surface area contributed by atoms with Gasteiger partial charge in [0.2, 0.25) is 6.10 Å². The van der Waals surface area contributed by atoms with Crippen LogP contribution in [0.4, 0.5) is 0 Å². The zero-order valence-corrected chi connectivity index (χ0v) is 19.2. The summed E-state index contributed by atoms with van der Waals surface area (Å²) in [6.07, 6.45) is -0.923. The lowest BCUT2D eigenvalue weighted by Crippen LogP contribution is -2.28. The summed E-state index contributed by atoms with van der Waals surface area (Å²) in [7, 11) is 0. The summed E-state index contributed by atoms with van der Waals surface area (Å²) in [5, 5.41) is 0.638. The zero-order valence-electron chi connectivity index (χ0n) is 16.0. The van der Waals surface area contributed by atoms with E-state index in [2.05, 4.69) is 27.7 Å². The van der Waals surface area contributed by atoms with Crippen LogP contribution in [0.1, 0.15) is 38.0 Å². The minimum Gasteiger partial charge on any atom is -0.351 e. The summed E-state index contributed by atoms with van der Waals surface area (Å²) in [5.41, 5.74) is 3.72. The molecule has 1 atom stereocenters. The second kappa shape index (κ2) is 8.03. The van der Waals surface area contributed by atoms with Crippen molar-refractivity contribution in [3.8, 4) is 11.1 Å². The molecule has 0 spiro atoms. The van der Waals surface area contributed by atoms with E-state index in [1.165, 1.54) is 11.3 Å². The second-order valence-corrected chi connectivity index (χ2v) is 10.1. The number of ether oxygens (including phenoxy) is 1. The number of nitrogens with zero attached hydrogens (tertiary/aromatic N) is 1. The lowest BCUT2D eigenvalue weighted by molar-refractivity contribution is -0.380. The molecule has 0 unspecified atom stereocenters. The molecule has 28 heavy (non-hydrogen) atoms. The summed E-state index contributed by atoms with van der Waals surface area (Å²) in [6.45, 7) is 10.9. The van der Waals surface area contributed by atoms with Crippen molar-refractivity contribution in [2.24, 2.45) is 0 Å². The molecule has 0 aliphatic carbocycles. The maximum atomic E-state index is 12.7. The predicted molar refractivity (Wildman–Crippen MR) is 118 cm³/mol. The van der Waals surface area contributed by atoms with Crippen LogP contribution in [-0.4, -0.2) is 23.3 Å². The molecule has 146 valence electrons. The number of thiazole rings is 1. The molecule has 4 nitrogen and oxygen atoms in total. The molecule has 7 heteroatoms. The monoisotopic (exact) mass is 480 g/mol. The predicted octanol–water partition coefficient (Wildman–Crippen LogP) is 6.43. The van der Waals surface area contributed by atoms with E-state index < -0.39 is 17.7 Å². The summed E-state index contributed by atoms with van der Waals surface area (Å²) in [5.74, 6) is -0.545. The van der Waals surface area contributed by atoms with Crippen molar-refractivity contribution in [1.29, 1.82) is 0 Å². The third-order valence-corrected chi connectivity index (χ3v) is 5.92. The van der Waals surface area contributed by atoms with Gasteiger partial charge in [-0.2, -0.15) is 0 Å². The van der Waals surface area contributed by atoms with Crippen LogP contribution in [0.2, 0.25) is 5.02 Å². The summed E-state index contributed by atoms with van der Waals surface area (Å²) in [6, 6.07) is 9.46. The molecular weight excluding hydrogens is 462 g/mol. The van der Waals surface area contributed by atoms with Gasteiger partial charge < -0.3 is 4.74 Å². The van der Waals surface area contributed by atoms with Gasteiger partial charge in [0.25, 0.3) is 0 Å². The quantitative estimate of drug-likeness (QED) is 0.403. The highest BCUT2D eigenvalue weighted by Gasteiger charge is 2.39.